The van der Waals surface area contributed by atoms with Gasteiger partial charge < -0.3 is 10.2 Å². The maximum atomic E-state index is 12.4. The van der Waals surface area contributed by atoms with Crippen molar-refractivity contribution in [3.05, 3.63) is 47.8 Å². The zero-order valence-electron chi connectivity index (χ0n) is 14.2. The third-order valence-corrected chi connectivity index (χ3v) is 5.53. The van der Waals surface area contributed by atoms with Crippen LogP contribution in [0.15, 0.2) is 36.5 Å². The highest BCUT2D eigenvalue weighted by Gasteiger charge is 2.18. The molecule has 128 valence electrons. The van der Waals surface area contributed by atoms with Crippen LogP contribution in [0, 0.1) is 6.92 Å². The van der Waals surface area contributed by atoms with Gasteiger partial charge in [0, 0.05) is 42.4 Å². The molecule has 1 N–H and O–H groups in total. The molecule has 5 nitrogen and oxygen atoms in total. The van der Waals surface area contributed by atoms with Gasteiger partial charge in [-0.05, 0) is 25.5 Å². The second-order valence-electron chi connectivity index (χ2n) is 6.14. The quantitative estimate of drug-likeness (QED) is 0.930. The summed E-state index contributed by atoms with van der Waals surface area (Å²) in [7, 11) is 0. The molecule has 1 fully saturated rings. The highest BCUT2D eigenvalue weighted by atomic mass is 32.2. The summed E-state index contributed by atoms with van der Waals surface area (Å²) in [5.74, 6) is 1.01. The van der Waals surface area contributed by atoms with Crippen LogP contribution < -0.4 is 5.32 Å². The summed E-state index contributed by atoms with van der Waals surface area (Å²) >= 11 is 1.94. The number of hydrogen-bond donors (Lipinski definition) is 1. The van der Waals surface area contributed by atoms with Crippen LogP contribution in [0.4, 0.5) is 4.79 Å². The van der Waals surface area contributed by atoms with Gasteiger partial charge in [0.15, 0.2) is 0 Å². The minimum atomic E-state index is 0.0246. The van der Waals surface area contributed by atoms with E-state index in [-0.39, 0.29) is 6.03 Å². The molecule has 1 aliphatic heterocycles. The highest BCUT2D eigenvalue weighted by molar-refractivity contribution is 7.99. The number of aromatic nitrogens is 2. The number of rotatable bonds is 3. The van der Waals surface area contributed by atoms with E-state index in [9.17, 15) is 4.79 Å². The van der Waals surface area contributed by atoms with Gasteiger partial charge in [-0.3, -0.25) is 0 Å². The van der Waals surface area contributed by atoms with Crippen molar-refractivity contribution < 1.29 is 4.79 Å². The summed E-state index contributed by atoms with van der Waals surface area (Å²) in [6.07, 6.45) is 3.05. The van der Waals surface area contributed by atoms with E-state index in [1.165, 1.54) is 0 Å². The van der Waals surface area contributed by atoms with Crippen LogP contribution in [0.25, 0.3) is 5.69 Å². The molecule has 2 aromatic rings. The van der Waals surface area contributed by atoms with Crippen molar-refractivity contribution in [2.24, 2.45) is 0 Å². The second kappa shape index (κ2) is 7.75. The predicted molar refractivity (Wildman–Crippen MR) is 98.6 cm³/mol. The van der Waals surface area contributed by atoms with E-state index in [1.54, 1.807) is 0 Å². The van der Waals surface area contributed by atoms with Crippen molar-refractivity contribution in [1.29, 1.82) is 0 Å². The van der Waals surface area contributed by atoms with Crippen molar-refractivity contribution in [2.75, 3.05) is 18.8 Å². The summed E-state index contributed by atoms with van der Waals surface area (Å²) in [4.78, 5) is 14.3. The van der Waals surface area contributed by atoms with Crippen molar-refractivity contribution in [1.82, 2.24) is 20.0 Å². The lowest BCUT2D eigenvalue weighted by atomic mass is 10.2. The van der Waals surface area contributed by atoms with Crippen LogP contribution in [-0.2, 0) is 6.54 Å². The predicted octanol–water partition coefficient (Wildman–Crippen LogP) is 3.22. The van der Waals surface area contributed by atoms with Gasteiger partial charge in [0.1, 0.15) is 0 Å². The Morgan fingerprint density at radius 2 is 2.12 bits per heavy atom. The first-order valence-corrected chi connectivity index (χ1v) is 9.43. The van der Waals surface area contributed by atoms with Crippen molar-refractivity contribution in [3.8, 4) is 5.69 Å². The normalized spacial score (nSPS) is 18.2. The molecule has 0 aliphatic carbocycles. The smallest absolute Gasteiger partial charge is 0.317 e. The molecule has 0 bridgehead atoms. The standard InChI is InChI=1S/C18H24N4OS/c1-14-8-9-21(10-11-24-14)18(23)19-12-16-13-22(20-15(16)2)17-6-4-3-5-7-17/h3-7,13-14H,8-12H2,1-2H3,(H,19,23)/t14-/m1/s1. The van der Waals surface area contributed by atoms with E-state index in [0.717, 1.165) is 42.2 Å². The summed E-state index contributed by atoms with van der Waals surface area (Å²) in [5.41, 5.74) is 3.01. The molecule has 2 heterocycles. The van der Waals surface area contributed by atoms with Gasteiger partial charge in [0.05, 0.1) is 11.4 Å². The highest BCUT2D eigenvalue weighted by Crippen LogP contribution is 2.18. The molecule has 1 aromatic carbocycles. The number of carbonyl (C=O) groups excluding carboxylic acids is 1. The van der Waals surface area contributed by atoms with Gasteiger partial charge >= 0.3 is 6.03 Å². The number of thioether (sulfide) groups is 1. The molecule has 0 unspecified atom stereocenters. The molecule has 24 heavy (non-hydrogen) atoms. The lowest BCUT2D eigenvalue weighted by Gasteiger charge is -2.20. The molecule has 6 heteroatoms. The van der Waals surface area contributed by atoms with Crippen molar-refractivity contribution >= 4 is 17.8 Å². The van der Waals surface area contributed by atoms with Gasteiger partial charge in [0.25, 0.3) is 0 Å². The number of carbonyl (C=O) groups is 1. The Bertz CT molecular complexity index is 686. The zero-order chi connectivity index (χ0) is 16.9. The van der Waals surface area contributed by atoms with Gasteiger partial charge in [-0.25, -0.2) is 9.48 Å². The van der Waals surface area contributed by atoms with E-state index in [1.807, 2.05) is 64.8 Å². The Hall–Kier alpha value is -1.95. The Morgan fingerprint density at radius 3 is 2.92 bits per heavy atom. The first-order chi connectivity index (χ1) is 11.6. The van der Waals surface area contributed by atoms with Crippen LogP contribution in [-0.4, -0.2) is 44.8 Å². The molecule has 3 rings (SSSR count). The fourth-order valence-electron chi connectivity index (χ4n) is 2.76. The summed E-state index contributed by atoms with van der Waals surface area (Å²) in [6.45, 7) is 6.38. The molecule has 1 aliphatic rings. The lowest BCUT2D eigenvalue weighted by Crippen LogP contribution is -2.40. The molecule has 0 radical (unpaired) electrons. The van der Waals surface area contributed by atoms with Crippen LogP contribution in [0.1, 0.15) is 24.6 Å². The van der Waals surface area contributed by atoms with Gasteiger partial charge in [-0.2, -0.15) is 16.9 Å². The first kappa shape index (κ1) is 16.9. The number of aryl methyl sites for hydroxylation is 1. The third-order valence-electron chi connectivity index (χ3n) is 4.31. The SMILES string of the molecule is Cc1nn(-c2ccccc2)cc1CNC(=O)N1CCS[C@H](C)CC1. The van der Waals surface area contributed by atoms with Crippen LogP contribution in [0.3, 0.4) is 0 Å². The number of amides is 2. The minimum absolute atomic E-state index is 0.0246. The number of urea groups is 1. The number of benzene rings is 1. The number of nitrogens with zero attached hydrogens (tertiary/aromatic N) is 3. The Labute approximate surface area is 147 Å². The first-order valence-electron chi connectivity index (χ1n) is 8.38. The van der Waals surface area contributed by atoms with E-state index < -0.39 is 0 Å². The average molecular weight is 344 g/mol. The van der Waals surface area contributed by atoms with Crippen molar-refractivity contribution in [3.63, 3.8) is 0 Å². The minimum Gasteiger partial charge on any atom is -0.334 e. The number of nitrogens with one attached hydrogen (secondary N) is 1. The van der Waals surface area contributed by atoms with E-state index in [0.29, 0.717) is 11.8 Å². The van der Waals surface area contributed by atoms with E-state index in [4.69, 9.17) is 0 Å². The average Bonchev–Trinajstić information content (AvgIpc) is 2.82. The van der Waals surface area contributed by atoms with E-state index in [2.05, 4.69) is 17.3 Å². The molecular weight excluding hydrogens is 320 g/mol. The topological polar surface area (TPSA) is 50.2 Å². The number of para-hydroxylation sites is 1. The summed E-state index contributed by atoms with van der Waals surface area (Å²) in [6, 6.07) is 10.0. The molecule has 1 atom stereocenters. The monoisotopic (exact) mass is 344 g/mol. The third kappa shape index (κ3) is 4.12. The fourth-order valence-corrected chi connectivity index (χ4v) is 3.77. The zero-order valence-corrected chi connectivity index (χ0v) is 15.1. The van der Waals surface area contributed by atoms with Crippen LogP contribution in [0.2, 0.25) is 0 Å². The van der Waals surface area contributed by atoms with Crippen molar-refractivity contribution in [2.45, 2.75) is 32.1 Å². The second-order valence-corrected chi connectivity index (χ2v) is 7.68. The molecule has 0 saturated carbocycles. The lowest BCUT2D eigenvalue weighted by molar-refractivity contribution is 0.201. The Morgan fingerprint density at radius 1 is 1.33 bits per heavy atom. The molecule has 2 amide bonds. The summed E-state index contributed by atoms with van der Waals surface area (Å²) < 4.78 is 1.86. The van der Waals surface area contributed by atoms with E-state index >= 15 is 0 Å². The maximum Gasteiger partial charge on any atom is 0.317 e. The summed E-state index contributed by atoms with van der Waals surface area (Å²) in [5, 5.41) is 8.22. The van der Waals surface area contributed by atoms with Gasteiger partial charge in [-0.15, -0.1) is 0 Å². The Kier molecular flexibility index (Phi) is 5.45. The molecule has 1 aromatic heterocycles. The number of hydrogen-bond acceptors (Lipinski definition) is 3. The maximum absolute atomic E-state index is 12.4. The van der Waals surface area contributed by atoms with Crippen LogP contribution >= 0.6 is 11.8 Å². The molecular formula is C18H24N4OS. The van der Waals surface area contributed by atoms with Gasteiger partial charge in [-0.1, -0.05) is 25.1 Å². The largest absolute Gasteiger partial charge is 0.334 e. The fraction of sp³-hybridized carbons (Fsp3) is 0.444. The van der Waals surface area contributed by atoms with Crippen LogP contribution in [0.5, 0.6) is 0 Å². The molecule has 1 saturated heterocycles. The van der Waals surface area contributed by atoms with Gasteiger partial charge in [0.2, 0.25) is 0 Å². The molecule has 0 spiro atoms. The Balaban J connectivity index is 1.60.